The molecule has 0 spiro atoms. The molecule has 0 radical (unpaired) electrons. The summed E-state index contributed by atoms with van der Waals surface area (Å²) in [7, 11) is 0. The summed E-state index contributed by atoms with van der Waals surface area (Å²) < 4.78 is 5.45. The number of morpholine rings is 1. The van der Waals surface area contributed by atoms with Gasteiger partial charge in [0.1, 0.15) is 0 Å². The zero-order chi connectivity index (χ0) is 13.8. The smallest absolute Gasteiger partial charge is 0.238 e. The third-order valence-corrected chi connectivity index (χ3v) is 3.17. The molecule has 1 aromatic rings. The maximum absolute atomic E-state index is 12.0. The number of nitrogens with one attached hydrogen (secondary N) is 1. The van der Waals surface area contributed by atoms with E-state index in [9.17, 15) is 4.79 Å². The minimum atomic E-state index is -0.0374. The maximum atomic E-state index is 12.0. The highest BCUT2D eigenvalue weighted by molar-refractivity contribution is 5.95. The number of hydrogen-bond acceptors (Lipinski definition) is 4. The second-order valence-electron chi connectivity index (χ2n) is 5.06. The van der Waals surface area contributed by atoms with Crippen molar-refractivity contribution in [3.63, 3.8) is 0 Å². The fourth-order valence-corrected chi connectivity index (χ4v) is 2.22. The number of aryl methyl sites for hydroxylation is 1. The second-order valence-corrected chi connectivity index (χ2v) is 5.06. The van der Waals surface area contributed by atoms with Crippen molar-refractivity contribution >= 4 is 17.3 Å². The van der Waals surface area contributed by atoms with E-state index in [2.05, 4.69) is 10.2 Å². The molecule has 5 heteroatoms. The highest BCUT2D eigenvalue weighted by Gasteiger charge is 2.19. The van der Waals surface area contributed by atoms with Gasteiger partial charge in [0.05, 0.1) is 30.6 Å². The summed E-state index contributed by atoms with van der Waals surface area (Å²) in [5, 5.41) is 2.85. The van der Waals surface area contributed by atoms with Gasteiger partial charge in [-0.1, -0.05) is 6.07 Å². The molecule has 104 valence electrons. The molecule has 1 atom stereocenters. The van der Waals surface area contributed by atoms with E-state index in [1.807, 2.05) is 32.0 Å². The lowest BCUT2D eigenvalue weighted by Gasteiger charge is -2.30. The van der Waals surface area contributed by atoms with Gasteiger partial charge in [-0.25, -0.2) is 0 Å². The lowest BCUT2D eigenvalue weighted by Crippen LogP contribution is -2.44. The van der Waals surface area contributed by atoms with Crippen LogP contribution in [0, 0.1) is 6.92 Å². The topological polar surface area (TPSA) is 67.6 Å². The molecule has 0 aromatic heterocycles. The van der Waals surface area contributed by atoms with Crippen LogP contribution in [0.4, 0.5) is 11.4 Å². The van der Waals surface area contributed by atoms with Crippen LogP contribution < -0.4 is 11.1 Å². The number of benzene rings is 1. The predicted molar refractivity (Wildman–Crippen MR) is 76.1 cm³/mol. The standard InChI is InChI=1S/C14H21N3O2/c1-10-3-4-13(12(15)7-10)16-14(18)9-17-5-6-19-11(2)8-17/h3-4,7,11H,5-6,8-9,15H2,1-2H3,(H,16,18). The van der Waals surface area contributed by atoms with Crippen molar-refractivity contribution in [3.05, 3.63) is 23.8 Å². The third kappa shape index (κ3) is 3.94. The fourth-order valence-electron chi connectivity index (χ4n) is 2.22. The van der Waals surface area contributed by atoms with Crippen LogP contribution in [-0.4, -0.2) is 43.2 Å². The summed E-state index contributed by atoms with van der Waals surface area (Å²) in [6.45, 7) is 6.62. The Hall–Kier alpha value is -1.59. The lowest BCUT2D eigenvalue weighted by atomic mass is 10.2. The van der Waals surface area contributed by atoms with Gasteiger partial charge in [-0.3, -0.25) is 9.69 Å². The number of nitrogens with two attached hydrogens (primary N) is 1. The van der Waals surface area contributed by atoms with E-state index in [1.54, 1.807) is 0 Å². The van der Waals surface area contributed by atoms with Gasteiger partial charge < -0.3 is 15.8 Å². The third-order valence-electron chi connectivity index (χ3n) is 3.17. The maximum Gasteiger partial charge on any atom is 0.238 e. The van der Waals surface area contributed by atoms with E-state index < -0.39 is 0 Å². The molecule has 1 fully saturated rings. The summed E-state index contributed by atoms with van der Waals surface area (Å²) in [5.41, 5.74) is 8.24. The first kappa shape index (κ1) is 13.8. The number of rotatable bonds is 3. The minimum absolute atomic E-state index is 0.0374. The molecule has 19 heavy (non-hydrogen) atoms. The van der Waals surface area contributed by atoms with E-state index >= 15 is 0 Å². The van der Waals surface area contributed by atoms with E-state index in [1.165, 1.54) is 0 Å². The summed E-state index contributed by atoms with van der Waals surface area (Å²) in [6, 6.07) is 5.62. The molecule has 1 aromatic carbocycles. The Morgan fingerprint density at radius 1 is 1.58 bits per heavy atom. The highest BCUT2D eigenvalue weighted by atomic mass is 16.5. The van der Waals surface area contributed by atoms with Gasteiger partial charge in [0.2, 0.25) is 5.91 Å². The molecule has 5 nitrogen and oxygen atoms in total. The lowest BCUT2D eigenvalue weighted by molar-refractivity contribution is -0.119. The van der Waals surface area contributed by atoms with E-state index in [0.29, 0.717) is 24.5 Å². The van der Waals surface area contributed by atoms with Crippen molar-refractivity contribution in [2.24, 2.45) is 0 Å². The number of nitrogens with zero attached hydrogens (tertiary/aromatic N) is 1. The Morgan fingerprint density at radius 3 is 3.05 bits per heavy atom. The number of nitrogen functional groups attached to an aromatic ring is 1. The van der Waals surface area contributed by atoms with Crippen LogP contribution in [0.5, 0.6) is 0 Å². The molecular formula is C14H21N3O2. The van der Waals surface area contributed by atoms with Crippen molar-refractivity contribution in [2.75, 3.05) is 37.3 Å². The number of carbonyl (C=O) groups is 1. The average Bonchev–Trinajstić information content (AvgIpc) is 2.33. The zero-order valence-corrected chi connectivity index (χ0v) is 11.5. The number of ether oxygens (including phenoxy) is 1. The predicted octanol–water partition coefficient (Wildman–Crippen LogP) is 1.24. The Bertz CT molecular complexity index is 462. The summed E-state index contributed by atoms with van der Waals surface area (Å²) in [4.78, 5) is 14.1. The minimum Gasteiger partial charge on any atom is -0.397 e. The van der Waals surface area contributed by atoms with Crippen LogP contribution in [0.1, 0.15) is 12.5 Å². The SMILES string of the molecule is Cc1ccc(NC(=O)CN2CCOC(C)C2)c(N)c1. The summed E-state index contributed by atoms with van der Waals surface area (Å²) >= 11 is 0. The van der Waals surface area contributed by atoms with Crippen LogP contribution in [0.25, 0.3) is 0 Å². The van der Waals surface area contributed by atoms with Gasteiger partial charge in [-0.05, 0) is 31.5 Å². The van der Waals surface area contributed by atoms with E-state index in [4.69, 9.17) is 10.5 Å². The van der Waals surface area contributed by atoms with Crippen LogP contribution in [0.2, 0.25) is 0 Å². The Labute approximate surface area is 113 Å². The molecule has 1 amide bonds. The zero-order valence-electron chi connectivity index (χ0n) is 11.5. The number of anilines is 2. The Morgan fingerprint density at radius 2 is 2.37 bits per heavy atom. The Kier molecular flexibility index (Phi) is 4.39. The van der Waals surface area contributed by atoms with E-state index in [-0.39, 0.29) is 12.0 Å². The van der Waals surface area contributed by atoms with Crippen LogP contribution in [0.3, 0.4) is 0 Å². The highest BCUT2D eigenvalue weighted by Crippen LogP contribution is 2.19. The first-order valence-electron chi connectivity index (χ1n) is 6.54. The number of carbonyl (C=O) groups excluding carboxylic acids is 1. The largest absolute Gasteiger partial charge is 0.397 e. The van der Waals surface area contributed by atoms with Gasteiger partial charge in [-0.15, -0.1) is 0 Å². The normalized spacial score (nSPS) is 20.2. The summed E-state index contributed by atoms with van der Waals surface area (Å²) in [5.74, 6) is -0.0374. The molecule has 1 unspecified atom stereocenters. The molecule has 1 aliphatic heterocycles. The number of amides is 1. The van der Waals surface area contributed by atoms with Gasteiger partial charge in [0.25, 0.3) is 0 Å². The van der Waals surface area contributed by atoms with Gasteiger partial charge in [0, 0.05) is 13.1 Å². The van der Waals surface area contributed by atoms with Gasteiger partial charge in [0.15, 0.2) is 0 Å². The van der Waals surface area contributed by atoms with Gasteiger partial charge >= 0.3 is 0 Å². The van der Waals surface area contributed by atoms with Crippen LogP contribution in [-0.2, 0) is 9.53 Å². The quantitative estimate of drug-likeness (QED) is 0.805. The fraction of sp³-hybridized carbons (Fsp3) is 0.500. The van der Waals surface area contributed by atoms with Crippen molar-refractivity contribution in [3.8, 4) is 0 Å². The molecule has 2 rings (SSSR count). The van der Waals surface area contributed by atoms with Crippen LogP contribution >= 0.6 is 0 Å². The molecule has 0 bridgehead atoms. The van der Waals surface area contributed by atoms with Gasteiger partial charge in [-0.2, -0.15) is 0 Å². The molecular weight excluding hydrogens is 242 g/mol. The molecule has 1 saturated heterocycles. The van der Waals surface area contributed by atoms with Crippen LogP contribution in [0.15, 0.2) is 18.2 Å². The average molecular weight is 263 g/mol. The first-order valence-corrected chi connectivity index (χ1v) is 6.54. The van der Waals surface area contributed by atoms with Crippen molar-refractivity contribution in [1.82, 2.24) is 4.90 Å². The number of hydrogen-bond donors (Lipinski definition) is 2. The second kappa shape index (κ2) is 6.04. The Balaban J connectivity index is 1.90. The summed E-state index contributed by atoms with van der Waals surface area (Å²) in [6.07, 6.45) is 0.186. The molecule has 1 aliphatic rings. The van der Waals surface area contributed by atoms with Crippen molar-refractivity contribution in [2.45, 2.75) is 20.0 Å². The first-order chi connectivity index (χ1) is 9.04. The van der Waals surface area contributed by atoms with Crippen molar-refractivity contribution < 1.29 is 9.53 Å². The molecule has 0 aliphatic carbocycles. The molecule has 0 saturated carbocycles. The monoisotopic (exact) mass is 263 g/mol. The van der Waals surface area contributed by atoms with Crippen molar-refractivity contribution in [1.29, 1.82) is 0 Å². The molecule has 1 heterocycles. The van der Waals surface area contributed by atoms with E-state index in [0.717, 1.165) is 18.7 Å². The molecule has 3 N–H and O–H groups in total.